The monoisotopic (exact) mass is 248 g/mol. The molecule has 18 heavy (non-hydrogen) atoms. The van der Waals surface area contributed by atoms with Crippen LogP contribution in [0.5, 0.6) is 0 Å². The Kier molecular flexibility index (Phi) is 3.12. The maximum atomic E-state index is 12.3. The van der Waals surface area contributed by atoms with Crippen LogP contribution < -0.4 is 10.6 Å². The Hall–Kier alpha value is -1.29. The molecule has 2 N–H and O–H groups in total. The van der Waals surface area contributed by atoms with Crippen LogP contribution in [0.25, 0.3) is 0 Å². The third kappa shape index (κ3) is 2.05. The predicted molar refractivity (Wildman–Crippen MR) is 67.9 cm³/mol. The van der Waals surface area contributed by atoms with Gasteiger partial charge in [-0.3, -0.25) is 4.79 Å². The molecule has 1 aliphatic heterocycles. The Bertz CT molecular complexity index is 415. The van der Waals surface area contributed by atoms with Gasteiger partial charge in [-0.25, -0.2) is 0 Å². The second-order valence-corrected chi connectivity index (χ2v) is 5.49. The standard InChI is InChI=1S/C14H20N2O2/c1-9(12-6-3-7-18-12)16-14(17)13-11-5-2-4-10(11)8-15-13/h3,6-7,9-11,13,15H,2,4-5,8H2,1H3,(H,16,17)/t9-,10?,11?,13?/m0/s1. The Morgan fingerprint density at radius 3 is 3.22 bits per heavy atom. The van der Waals surface area contributed by atoms with E-state index in [4.69, 9.17) is 4.42 Å². The van der Waals surface area contributed by atoms with E-state index in [1.165, 1.54) is 19.3 Å². The molecule has 4 atom stereocenters. The average Bonchev–Trinajstić information content (AvgIpc) is 3.06. The zero-order valence-corrected chi connectivity index (χ0v) is 10.7. The van der Waals surface area contributed by atoms with Crippen molar-refractivity contribution in [3.8, 4) is 0 Å². The molecule has 1 saturated heterocycles. The van der Waals surface area contributed by atoms with Gasteiger partial charge in [-0.15, -0.1) is 0 Å². The van der Waals surface area contributed by atoms with Crippen molar-refractivity contribution < 1.29 is 9.21 Å². The molecule has 1 saturated carbocycles. The number of carbonyl (C=O) groups excluding carboxylic acids is 1. The molecule has 2 aliphatic rings. The minimum absolute atomic E-state index is 0.00471. The summed E-state index contributed by atoms with van der Waals surface area (Å²) in [5.74, 6) is 2.17. The summed E-state index contributed by atoms with van der Waals surface area (Å²) < 4.78 is 5.31. The molecule has 3 unspecified atom stereocenters. The van der Waals surface area contributed by atoms with Crippen molar-refractivity contribution in [1.29, 1.82) is 0 Å². The van der Waals surface area contributed by atoms with Crippen molar-refractivity contribution in [3.63, 3.8) is 0 Å². The van der Waals surface area contributed by atoms with E-state index in [-0.39, 0.29) is 18.0 Å². The highest BCUT2D eigenvalue weighted by Gasteiger charge is 2.42. The second-order valence-electron chi connectivity index (χ2n) is 5.49. The minimum Gasteiger partial charge on any atom is -0.467 e. The molecule has 0 spiro atoms. The molecule has 1 aromatic rings. The summed E-state index contributed by atoms with van der Waals surface area (Å²) in [5.41, 5.74) is 0. The molecule has 98 valence electrons. The van der Waals surface area contributed by atoms with Crippen molar-refractivity contribution in [3.05, 3.63) is 24.2 Å². The van der Waals surface area contributed by atoms with E-state index in [0.29, 0.717) is 11.8 Å². The van der Waals surface area contributed by atoms with Crippen molar-refractivity contribution in [1.82, 2.24) is 10.6 Å². The summed E-state index contributed by atoms with van der Waals surface area (Å²) in [7, 11) is 0. The van der Waals surface area contributed by atoms with Crippen LogP contribution in [0.1, 0.15) is 38.0 Å². The van der Waals surface area contributed by atoms with Crippen molar-refractivity contribution in [2.75, 3.05) is 6.54 Å². The van der Waals surface area contributed by atoms with Crippen molar-refractivity contribution >= 4 is 5.91 Å². The normalized spacial score (nSPS) is 32.2. The summed E-state index contributed by atoms with van der Waals surface area (Å²) in [6.45, 7) is 2.95. The van der Waals surface area contributed by atoms with Gasteiger partial charge in [0.2, 0.25) is 5.91 Å². The number of rotatable bonds is 3. The van der Waals surface area contributed by atoms with Gasteiger partial charge in [0.1, 0.15) is 5.76 Å². The van der Waals surface area contributed by atoms with E-state index in [1.54, 1.807) is 6.26 Å². The molecular weight excluding hydrogens is 228 g/mol. The van der Waals surface area contributed by atoms with Crippen molar-refractivity contribution in [2.24, 2.45) is 11.8 Å². The molecule has 3 rings (SSSR count). The van der Waals surface area contributed by atoms with Gasteiger partial charge in [0, 0.05) is 0 Å². The summed E-state index contributed by atoms with van der Waals surface area (Å²) >= 11 is 0. The van der Waals surface area contributed by atoms with Gasteiger partial charge in [0.15, 0.2) is 0 Å². The highest BCUT2D eigenvalue weighted by molar-refractivity contribution is 5.83. The molecule has 0 bridgehead atoms. The first-order valence-corrected chi connectivity index (χ1v) is 6.83. The van der Waals surface area contributed by atoms with Gasteiger partial charge in [-0.2, -0.15) is 0 Å². The topological polar surface area (TPSA) is 54.3 Å². The third-order valence-corrected chi connectivity index (χ3v) is 4.36. The van der Waals surface area contributed by atoms with E-state index in [1.807, 2.05) is 19.1 Å². The third-order valence-electron chi connectivity index (χ3n) is 4.36. The Morgan fingerprint density at radius 1 is 1.56 bits per heavy atom. The average molecular weight is 248 g/mol. The van der Waals surface area contributed by atoms with Crippen LogP contribution in [0.3, 0.4) is 0 Å². The van der Waals surface area contributed by atoms with Gasteiger partial charge in [0.05, 0.1) is 18.3 Å². The largest absolute Gasteiger partial charge is 0.467 e. The summed E-state index contributed by atoms with van der Waals surface area (Å²) in [6.07, 6.45) is 5.37. The van der Waals surface area contributed by atoms with Crippen LogP contribution in [-0.4, -0.2) is 18.5 Å². The molecule has 2 heterocycles. The SMILES string of the molecule is C[C@H](NC(=O)C1NCC2CCCC21)c1ccco1. The van der Waals surface area contributed by atoms with Gasteiger partial charge in [-0.1, -0.05) is 6.42 Å². The highest BCUT2D eigenvalue weighted by Crippen LogP contribution is 2.37. The lowest BCUT2D eigenvalue weighted by Gasteiger charge is -2.20. The summed E-state index contributed by atoms with van der Waals surface area (Å²) in [4.78, 5) is 12.3. The zero-order chi connectivity index (χ0) is 12.5. The fourth-order valence-corrected chi connectivity index (χ4v) is 3.39. The molecule has 4 nitrogen and oxygen atoms in total. The lowest BCUT2D eigenvalue weighted by Crippen LogP contribution is -2.44. The number of carbonyl (C=O) groups is 1. The number of nitrogens with one attached hydrogen (secondary N) is 2. The molecule has 0 aromatic carbocycles. The molecule has 0 radical (unpaired) electrons. The smallest absolute Gasteiger partial charge is 0.238 e. The van der Waals surface area contributed by atoms with E-state index in [0.717, 1.165) is 12.3 Å². The quantitative estimate of drug-likeness (QED) is 0.858. The number of furan rings is 1. The van der Waals surface area contributed by atoms with Crippen LogP contribution in [-0.2, 0) is 4.79 Å². The maximum absolute atomic E-state index is 12.3. The molecule has 4 heteroatoms. The van der Waals surface area contributed by atoms with E-state index in [9.17, 15) is 4.79 Å². The van der Waals surface area contributed by atoms with Crippen LogP contribution in [0.2, 0.25) is 0 Å². The first-order chi connectivity index (χ1) is 8.75. The fraction of sp³-hybridized carbons (Fsp3) is 0.643. The van der Waals surface area contributed by atoms with Gasteiger partial charge in [0.25, 0.3) is 0 Å². The zero-order valence-electron chi connectivity index (χ0n) is 10.7. The molecule has 1 aliphatic carbocycles. The first kappa shape index (κ1) is 11.8. The van der Waals surface area contributed by atoms with Gasteiger partial charge >= 0.3 is 0 Å². The Balaban J connectivity index is 1.61. The lowest BCUT2D eigenvalue weighted by atomic mass is 9.93. The first-order valence-electron chi connectivity index (χ1n) is 6.83. The lowest BCUT2D eigenvalue weighted by molar-refractivity contribution is -0.124. The van der Waals surface area contributed by atoms with Crippen LogP contribution in [0, 0.1) is 11.8 Å². The molecular formula is C14H20N2O2. The Labute approximate surface area is 107 Å². The van der Waals surface area contributed by atoms with Crippen molar-refractivity contribution in [2.45, 2.75) is 38.3 Å². The maximum Gasteiger partial charge on any atom is 0.238 e. The summed E-state index contributed by atoms with van der Waals surface area (Å²) in [6, 6.07) is 3.68. The number of hydrogen-bond acceptors (Lipinski definition) is 3. The summed E-state index contributed by atoms with van der Waals surface area (Å²) in [5, 5.41) is 6.41. The van der Waals surface area contributed by atoms with Gasteiger partial charge < -0.3 is 15.1 Å². The number of hydrogen-bond donors (Lipinski definition) is 2. The number of fused-ring (bicyclic) bond motifs is 1. The van der Waals surface area contributed by atoms with Crippen LogP contribution in [0.4, 0.5) is 0 Å². The number of amides is 1. The van der Waals surface area contributed by atoms with E-state index in [2.05, 4.69) is 10.6 Å². The molecule has 1 aromatic heterocycles. The van der Waals surface area contributed by atoms with E-state index < -0.39 is 0 Å². The highest BCUT2D eigenvalue weighted by atomic mass is 16.3. The van der Waals surface area contributed by atoms with Gasteiger partial charge in [-0.05, 0) is 50.3 Å². The molecule has 2 fully saturated rings. The fourth-order valence-electron chi connectivity index (χ4n) is 3.39. The predicted octanol–water partition coefficient (Wildman–Crippen LogP) is 1.84. The van der Waals surface area contributed by atoms with E-state index >= 15 is 0 Å². The van der Waals surface area contributed by atoms with Crippen LogP contribution >= 0.6 is 0 Å². The Morgan fingerprint density at radius 2 is 2.44 bits per heavy atom. The molecule has 1 amide bonds. The van der Waals surface area contributed by atoms with Crippen LogP contribution in [0.15, 0.2) is 22.8 Å². The second kappa shape index (κ2) is 4.76. The minimum atomic E-state index is -0.0604.